The zero-order valence-electron chi connectivity index (χ0n) is 14.0. The Morgan fingerprint density at radius 1 is 1.23 bits per heavy atom. The highest BCUT2D eigenvalue weighted by Gasteiger charge is 2.19. The van der Waals surface area contributed by atoms with Crippen LogP contribution in [0.25, 0.3) is 11.1 Å². The third-order valence-corrected chi connectivity index (χ3v) is 5.12. The predicted molar refractivity (Wildman–Crippen MR) is 94.0 cm³/mol. The smallest absolute Gasteiger partial charge is 0.258 e. The minimum Gasteiger partial charge on any atom is -0.441 e. The molecule has 1 amide bonds. The Kier molecular flexibility index (Phi) is 4.75. The molecule has 0 spiro atoms. The lowest BCUT2D eigenvalue weighted by Crippen LogP contribution is -2.24. The van der Waals surface area contributed by atoms with Crippen molar-refractivity contribution in [2.45, 2.75) is 18.7 Å². The number of anilines is 1. The van der Waals surface area contributed by atoms with Crippen molar-refractivity contribution in [2.75, 3.05) is 11.9 Å². The highest BCUT2D eigenvalue weighted by atomic mass is 32.2. The van der Waals surface area contributed by atoms with Gasteiger partial charge < -0.3 is 9.73 Å². The minimum absolute atomic E-state index is 0.178. The van der Waals surface area contributed by atoms with Crippen molar-refractivity contribution in [3.05, 3.63) is 53.7 Å². The molecule has 0 fully saturated rings. The van der Waals surface area contributed by atoms with Crippen LogP contribution in [0.15, 0.2) is 45.7 Å². The summed E-state index contributed by atoms with van der Waals surface area (Å²) >= 11 is 0. The molecule has 0 aliphatic heterocycles. The van der Waals surface area contributed by atoms with Gasteiger partial charge in [0, 0.05) is 25.2 Å². The lowest BCUT2D eigenvalue weighted by Gasteiger charge is -2.09. The molecule has 1 aromatic heterocycles. The Labute approximate surface area is 149 Å². The largest absolute Gasteiger partial charge is 0.441 e. The summed E-state index contributed by atoms with van der Waals surface area (Å²) in [5.74, 6) is -1.11. The minimum atomic E-state index is -3.80. The highest BCUT2D eigenvalue weighted by molar-refractivity contribution is 7.89. The molecule has 0 unspecified atom stereocenters. The maximum atomic E-state index is 14.0. The Bertz CT molecular complexity index is 1090. The van der Waals surface area contributed by atoms with Crippen molar-refractivity contribution in [2.24, 2.45) is 0 Å². The van der Waals surface area contributed by atoms with Gasteiger partial charge in [0.05, 0.1) is 10.5 Å². The van der Waals surface area contributed by atoms with Gasteiger partial charge in [-0.05, 0) is 30.3 Å². The first-order valence-electron chi connectivity index (χ1n) is 7.78. The second-order valence-corrected chi connectivity index (χ2v) is 7.28. The monoisotopic (exact) mass is 377 g/mol. The van der Waals surface area contributed by atoms with Gasteiger partial charge >= 0.3 is 0 Å². The van der Waals surface area contributed by atoms with E-state index in [0.717, 1.165) is 18.2 Å². The third-order valence-electron chi connectivity index (χ3n) is 3.58. The molecule has 0 aliphatic rings. The molecule has 0 saturated heterocycles. The number of fused-ring (bicyclic) bond motifs is 1. The zero-order valence-corrected chi connectivity index (χ0v) is 14.9. The topological polar surface area (TPSA) is 101 Å². The van der Waals surface area contributed by atoms with E-state index < -0.39 is 21.7 Å². The molecule has 26 heavy (non-hydrogen) atoms. The molecular formula is C17H16FN3O4S. The number of sulfonamides is 1. The van der Waals surface area contributed by atoms with Gasteiger partial charge in [0.25, 0.3) is 5.91 Å². The molecule has 0 saturated carbocycles. The number of amides is 1. The number of nitrogens with one attached hydrogen (secondary N) is 2. The average molecular weight is 377 g/mol. The van der Waals surface area contributed by atoms with Crippen LogP contribution >= 0.6 is 0 Å². The number of hydrogen-bond acceptors (Lipinski definition) is 5. The molecule has 2 aromatic carbocycles. The molecule has 136 valence electrons. The molecule has 7 nitrogen and oxygen atoms in total. The highest BCUT2D eigenvalue weighted by Crippen LogP contribution is 2.21. The van der Waals surface area contributed by atoms with Gasteiger partial charge in [0.2, 0.25) is 10.0 Å². The van der Waals surface area contributed by atoms with Gasteiger partial charge in [0.15, 0.2) is 11.5 Å². The number of rotatable bonds is 5. The van der Waals surface area contributed by atoms with E-state index in [1.807, 2.05) is 0 Å². The van der Waals surface area contributed by atoms with Crippen LogP contribution in [-0.2, 0) is 10.0 Å². The average Bonchev–Trinajstić information content (AvgIpc) is 2.94. The zero-order chi connectivity index (χ0) is 18.9. The van der Waals surface area contributed by atoms with Crippen LogP contribution in [0, 0.1) is 12.7 Å². The van der Waals surface area contributed by atoms with E-state index in [0.29, 0.717) is 22.7 Å². The molecule has 9 heteroatoms. The normalized spacial score (nSPS) is 11.7. The second kappa shape index (κ2) is 6.85. The Morgan fingerprint density at radius 2 is 2.00 bits per heavy atom. The Morgan fingerprint density at radius 3 is 2.73 bits per heavy atom. The molecule has 3 aromatic rings. The standard InChI is InChI=1S/C17H16FN3O4S/c1-3-19-26(23,24)12-5-6-14(18)13(9-12)17(22)21-11-4-7-15-16(8-11)25-10(2)20-15/h4-9,19H,3H2,1-2H3,(H,21,22). The SMILES string of the molecule is CCNS(=O)(=O)c1ccc(F)c(C(=O)Nc2ccc3nc(C)oc3c2)c1. The number of hydrogen-bond donors (Lipinski definition) is 2. The molecular weight excluding hydrogens is 361 g/mol. The Balaban J connectivity index is 1.91. The van der Waals surface area contributed by atoms with E-state index in [1.165, 1.54) is 0 Å². The summed E-state index contributed by atoms with van der Waals surface area (Å²) < 4.78 is 45.8. The van der Waals surface area contributed by atoms with Gasteiger partial charge in [-0.25, -0.2) is 22.5 Å². The second-order valence-electron chi connectivity index (χ2n) is 5.51. The fourth-order valence-corrected chi connectivity index (χ4v) is 3.50. The maximum absolute atomic E-state index is 14.0. The number of aryl methyl sites for hydroxylation is 1. The van der Waals surface area contributed by atoms with Gasteiger partial charge in [-0.1, -0.05) is 6.92 Å². The lowest BCUT2D eigenvalue weighted by atomic mass is 10.2. The van der Waals surface area contributed by atoms with Crippen molar-refractivity contribution >= 4 is 32.7 Å². The molecule has 2 N–H and O–H groups in total. The van der Waals surface area contributed by atoms with Crippen LogP contribution in [-0.4, -0.2) is 25.9 Å². The number of carbonyl (C=O) groups is 1. The number of benzene rings is 2. The quantitative estimate of drug-likeness (QED) is 0.712. The summed E-state index contributed by atoms with van der Waals surface area (Å²) in [5.41, 5.74) is 1.10. The fourth-order valence-electron chi connectivity index (χ4n) is 2.43. The summed E-state index contributed by atoms with van der Waals surface area (Å²) in [7, 11) is -3.80. The molecule has 1 heterocycles. The summed E-state index contributed by atoms with van der Waals surface area (Å²) in [6.45, 7) is 3.50. The van der Waals surface area contributed by atoms with Crippen molar-refractivity contribution < 1.29 is 22.0 Å². The van der Waals surface area contributed by atoms with E-state index in [1.54, 1.807) is 32.0 Å². The van der Waals surface area contributed by atoms with Gasteiger partial charge in [0.1, 0.15) is 11.3 Å². The van der Waals surface area contributed by atoms with Crippen LogP contribution in [0.1, 0.15) is 23.2 Å². The van der Waals surface area contributed by atoms with Crippen molar-refractivity contribution in [1.82, 2.24) is 9.71 Å². The summed E-state index contributed by atoms with van der Waals surface area (Å²) in [4.78, 5) is 16.4. The van der Waals surface area contributed by atoms with E-state index in [-0.39, 0.29) is 17.0 Å². The van der Waals surface area contributed by atoms with Gasteiger partial charge in [-0.3, -0.25) is 4.79 Å². The van der Waals surface area contributed by atoms with Gasteiger partial charge in [-0.15, -0.1) is 0 Å². The van der Waals surface area contributed by atoms with E-state index in [9.17, 15) is 17.6 Å². The van der Waals surface area contributed by atoms with Crippen molar-refractivity contribution in [3.8, 4) is 0 Å². The van der Waals surface area contributed by atoms with Crippen LogP contribution in [0.4, 0.5) is 10.1 Å². The number of aromatic nitrogens is 1. The fraction of sp³-hybridized carbons (Fsp3) is 0.176. The van der Waals surface area contributed by atoms with Crippen LogP contribution in [0.5, 0.6) is 0 Å². The van der Waals surface area contributed by atoms with Crippen molar-refractivity contribution in [1.29, 1.82) is 0 Å². The Hall–Kier alpha value is -2.78. The summed E-state index contributed by atoms with van der Waals surface area (Å²) in [5, 5.41) is 2.53. The molecule has 0 atom stereocenters. The van der Waals surface area contributed by atoms with Gasteiger partial charge in [-0.2, -0.15) is 0 Å². The van der Waals surface area contributed by atoms with Crippen molar-refractivity contribution in [3.63, 3.8) is 0 Å². The molecule has 3 rings (SSSR count). The van der Waals surface area contributed by atoms with Crippen LogP contribution in [0.2, 0.25) is 0 Å². The first-order valence-corrected chi connectivity index (χ1v) is 9.26. The number of carbonyl (C=O) groups excluding carboxylic acids is 1. The number of halogens is 1. The molecule has 0 aliphatic carbocycles. The maximum Gasteiger partial charge on any atom is 0.258 e. The van der Waals surface area contributed by atoms with Crippen LogP contribution < -0.4 is 10.0 Å². The van der Waals surface area contributed by atoms with E-state index in [4.69, 9.17) is 4.42 Å². The molecule has 0 bridgehead atoms. The predicted octanol–water partition coefficient (Wildman–Crippen LogP) is 2.83. The first-order chi connectivity index (χ1) is 12.3. The third kappa shape index (κ3) is 3.58. The summed E-state index contributed by atoms with van der Waals surface area (Å²) in [6.07, 6.45) is 0. The van der Waals surface area contributed by atoms with E-state index >= 15 is 0 Å². The van der Waals surface area contributed by atoms with E-state index in [2.05, 4.69) is 15.0 Å². The number of oxazole rings is 1. The summed E-state index contributed by atoms with van der Waals surface area (Å²) in [6, 6.07) is 7.86. The molecule has 0 radical (unpaired) electrons. The van der Waals surface area contributed by atoms with Crippen LogP contribution in [0.3, 0.4) is 0 Å². The first kappa shape index (κ1) is 18.0. The number of nitrogens with zero attached hydrogens (tertiary/aromatic N) is 1. The lowest BCUT2D eigenvalue weighted by molar-refractivity contribution is 0.102.